The van der Waals surface area contributed by atoms with Gasteiger partial charge in [-0.1, -0.05) is 0 Å². The SMILES string of the molecule is Cc1c(C(=O)N2CCC(F)(C(=O)O)C2)cnn1-c1ccc(F)cc1. The number of nitrogens with zero attached hydrogens (tertiary/aromatic N) is 3. The van der Waals surface area contributed by atoms with E-state index in [1.807, 2.05) is 0 Å². The Kier molecular flexibility index (Phi) is 3.82. The van der Waals surface area contributed by atoms with Gasteiger partial charge in [0.05, 0.1) is 29.7 Å². The van der Waals surface area contributed by atoms with E-state index in [0.717, 1.165) is 0 Å². The largest absolute Gasteiger partial charge is 0.479 e. The Bertz CT molecular complexity index is 803. The third-order valence-electron chi connectivity index (χ3n) is 4.20. The number of alkyl halides is 1. The van der Waals surface area contributed by atoms with Crippen molar-refractivity contribution >= 4 is 11.9 Å². The number of rotatable bonds is 3. The van der Waals surface area contributed by atoms with E-state index in [1.165, 1.54) is 40.0 Å². The lowest BCUT2D eigenvalue weighted by atomic mass is 10.1. The number of aromatic nitrogens is 2. The number of carboxylic acid groups (broad SMARTS) is 1. The summed E-state index contributed by atoms with van der Waals surface area (Å²) in [5.74, 6) is -2.41. The molecule has 1 aromatic heterocycles. The highest BCUT2D eigenvalue weighted by Gasteiger charge is 2.47. The molecule has 8 heteroatoms. The number of hydrogen-bond acceptors (Lipinski definition) is 3. The summed E-state index contributed by atoms with van der Waals surface area (Å²) in [6, 6.07) is 5.61. The minimum Gasteiger partial charge on any atom is -0.479 e. The Morgan fingerprint density at radius 2 is 1.96 bits per heavy atom. The maximum absolute atomic E-state index is 14.1. The number of carbonyl (C=O) groups is 2. The van der Waals surface area contributed by atoms with E-state index in [-0.39, 0.29) is 24.3 Å². The van der Waals surface area contributed by atoms with Gasteiger partial charge in [0, 0.05) is 13.0 Å². The van der Waals surface area contributed by atoms with E-state index < -0.39 is 24.1 Å². The molecule has 6 nitrogen and oxygen atoms in total. The first-order valence-electron chi connectivity index (χ1n) is 7.34. The lowest BCUT2D eigenvalue weighted by Crippen LogP contribution is -2.39. The van der Waals surface area contributed by atoms with Gasteiger partial charge < -0.3 is 10.0 Å². The van der Waals surface area contributed by atoms with Crippen molar-refractivity contribution in [1.82, 2.24) is 14.7 Å². The van der Waals surface area contributed by atoms with Crippen LogP contribution in [0.1, 0.15) is 22.5 Å². The molecule has 24 heavy (non-hydrogen) atoms. The normalized spacial score (nSPS) is 20.4. The molecule has 2 heterocycles. The lowest BCUT2D eigenvalue weighted by Gasteiger charge is -2.17. The molecule has 0 aliphatic carbocycles. The highest BCUT2D eigenvalue weighted by molar-refractivity contribution is 5.96. The molecule has 1 N–H and O–H groups in total. The van der Waals surface area contributed by atoms with E-state index in [2.05, 4.69) is 5.10 Å². The summed E-state index contributed by atoms with van der Waals surface area (Å²) in [4.78, 5) is 24.7. The molecule has 126 valence electrons. The van der Waals surface area contributed by atoms with Gasteiger partial charge in [0.2, 0.25) is 5.67 Å². The molecule has 1 aromatic carbocycles. The third-order valence-corrected chi connectivity index (χ3v) is 4.20. The zero-order valence-corrected chi connectivity index (χ0v) is 12.9. The van der Waals surface area contributed by atoms with Crippen LogP contribution < -0.4 is 0 Å². The van der Waals surface area contributed by atoms with Crippen LogP contribution in [0, 0.1) is 12.7 Å². The summed E-state index contributed by atoms with van der Waals surface area (Å²) in [7, 11) is 0. The first-order valence-corrected chi connectivity index (χ1v) is 7.34. The van der Waals surface area contributed by atoms with Crippen molar-refractivity contribution in [2.75, 3.05) is 13.1 Å². The lowest BCUT2D eigenvalue weighted by molar-refractivity contribution is -0.149. The van der Waals surface area contributed by atoms with Crippen molar-refractivity contribution < 1.29 is 23.5 Å². The highest BCUT2D eigenvalue weighted by atomic mass is 19.1. The fraction of sp³-hybridized carbons (Fsp3) is 0.312. The summed E-state index contributed by atoms with van der Waals surface area (Å²) in [5.41, 5.74) is -1.05. The van der Waals surface area contributed by atoms with Crippen molar-refractivity contribution in [3.8, 4) is 5.69 Å². The van der Waals surface area contributed by atoms with E-state index in [4.69, 9.17) is 5.11 Å². The summed E-state index contributed by atoms with van der Waals surface area (Å²) >= 11 is 0. The number of likely N-dealkylation sites (tertiary alicyclic amines) is 1. The molecule has 1 atom stereocenters. The standard InChI is InChI=1S/C16H15F2N3O3/c1-10-13(8-19-21(10)12-4-2-11(17)3-5-12)14(22)20-7-6-16(18,9-20)15(23)24/h2-5,8H,6-7,9H2,1H3,(H,23,24). The Morgan fingerprint density at radius 1 is 1.29 bits per heavy atom. The summed E-state index contributed by atoms with van der Waals surface area (Å²) in [6.45, 7) is 1.21. The zero-order chi connectivity index (χ0) is 17.5. The van der Waals surface area contributed by atoms with Crippen LogP contribution in [-0.4, -0.2) is 50.4 Å². The Labute approximate surface area is 136 Å². The van der Waals surface area contributed by atoms with Crippen molar-refractivity contribution in [1.29, 1.82) is 0 Å². The van der Waals surface area contributed by atoms with Gasteiger partial charge in [0.1, 0.15) is 5.82 Å². The zero-order valence-electron chi connectivity index (χ0n) is 12.9. The van der Waals surface area contributed by atoms with E-state index in [9.17, 15) is 18.4 Å². The number of hydrogen-bond donors (Lipinski definition) is 1. The quantitative estimate of drug-likeness (QED) is 0.930. The molecule has 3 rings (SSSR count). The van der Waals surface area contributed by atoms with Crippen LogP contribution in [0.5, 0.6) is 0 Å². The average molecular weight is 335 g/mol. The minimum absolute atomic E-state index is 0.0306. The van der Waals surface area contributed by atoms with Gasteiger partial charge in [-0.05, 0) is 31.2 Å². The number of aliphatic carboxylic acids is 1. The van der Waals surface area contributed by atoms with Crippen molar-refractivity contribution in [3.63, 3.8) is 0 Å². The topological polar surface area (TPSA) is 75.4 Å². The second kappa shape index (κ2) is 5.70. The number of amides is 1. The van der Waals surface area contributed by atoms with Crippen LogP contribution in [0.3, 0.4) is 0 Å². The number of carboxylic acids is 1. The fourth-order valence-electron chi connectivity index (χ4n) is 2.75. The first-order chi connectivity index (χ1) is 11.3. The Balaban J connectivity index is 1.85. The first kappa shape index (κ1) is 16.1. The molecule has 0 bridgehead atoms. The van der Waals surface area contributed by atoms with Crippen LogP contribution in [-0.2, 0) is 4.79 Å². The van der Waals surface area contributed by atoms with Crippen LogP contribution in [0.4, 0.5) is 8.78 Å². The third kappa shape index (κ3) is 2.64. The summed E-state index contributed by atoms with van der Waals surface area (Å²) in [5, 5.41) is 13.0. The number of benzene rings is 1. The van der Waals surface area contributed by atoms with Gasteiger partial charge in [-0.2, -0.15) is 5.10 Å². The van der Waals surface area contributed by atoms with E-state index in [1.54, 1.807) is 6.92 Å². The molecule has 1 saturated heterocycles. The smallest absolute Gasteiger partial charge is 0.343 e. The van der Waals surface area contributed by atoms with Gasteiger partial charge in [0.25, 0.3) is 5.91 Å². The van der Waals surface area contributed by atoms with E-state index in [0.29, 0.717) is 11.4 Å². The predicted molar refractivity (Wildman–Crippen MR) is 80.3 cm³/mol. The average Bonchev–Trinajstić information content (AvgIpc) is 3.12. The molecule has 0 spiro atoms. The van der Waals surface area contributed by atoms with Gasteiger partial charge in [-0.25, -0.2) is 18.3 Å². The van der Waals surface area contributed by atoms with Gasteiger partial charge in [-0.3, -0.25) is 4.79 Å². The van der Waals surface area contributed by atoms with Crippen molar-refractivity contribution in [3.05, 3.63) is 47.5 Å². The molecule has 1 fully saturated rings. The molecule has 2 aromatic rings. The second-order valence-electron chi connectivity index (χ2n) is 5.78. The second-order valence-corrected chi connectivity index (χ2v) is 5.78. The highest BCUT2D eigenvalue weighted by Crippen LogP contribution is 2.28. The van der Waals surface area contributed by atoms with Crippen LogP contribution in [0.25, 0.3) is 5.69 Å². The summed E-state index contributed by atoms with van der Waals surface area (Å²) < 4.78 is 28.6. The number of carbonyl (C=O) groups excluding carboxylic acids is 1. The maximum atomic E-state index is 14.1. The van der Waals surface area contributed by atoms with Gasteiger partial charge in [-0.15, -0.1) is 0 Å². The van der Waals surface area contributed by atoms with Gasteiger partial charge >= 0.3 is 5.97 Å². The molecule has 0 saturated carbocycles. The van der Waals surface area contributed by atoms with E-state index >= 15 is 0 Å². The monoisotopic (exact) mass is 335 g/mol. The van der Waals surface area contributed by atoms with Crippen molar-refractivity contribution in [2.24, 2.45) is 0 Å². The van der Waals surface area contributed by atoms with Crippen LogP contribution in [0.15, 0.2) is 30.5 Å². The molecule has 1 unspecified atom stereocenters. The van der Waals surface area contributed by atoms with Gasteiger partial charge in [0.15, 0.2) is 0 Å². The molecular formula is C16H15F2N3O3. The molecular weight excluding hydrogens is 320 g/mol. The number of halogens is 2. The predicted octanol–water partition coefficient (Wildman–Crippen LogP) is 1.96. The molecule has 1 aliphatic heterocycles. The maximum Gasteiger partial charge on any atom is 0.343 e. The molecule has 1 aliphatic rings. The van der Waals surface area contributed by atoms with Crippen molar-refractivity contribution in [2.45, 2.75) is 19.0 Å². The Morgan fingerprint density at radius 3 is 2.54 bits per heavy atom. The van der Waals surface area contributed by atoms with Crippen LogP contribution >= 0.6 is 0 Å². The van der Waals surface area contributed by atoms with Crippen LogP contribution in [0.2, 0.25) is 0 Å². The fourth-order valence-corrected chi connectivity index (χ4v) is 2.75. The minimum atomic E-state index is -2.41. The Hall–Kier alpha value is -2.77. The summed E-state index contributed by atoms with van der Waals surface area (Å²) in [6.07, 6.45) is 1.11. The molecule has 1 amide bonds. The molecule has 0 radical (unpaired) electrons.